The van der Waals surface area contributed by atoms with Crippen molar-refractivity contribution in [3.8, 4) is 0 Å². The molecule has 1 aromatic carbocycles. The molecular formula is C17H23ClN2O2. The number of nitrogens with one attached hydrogen (secondary N) is 1. The molecule has 22 heavy (non-hydrogen) atoms. The van der Waals surface area contributed by atoms with Crippen LogP contribution in [0.2, 0.25) is 5.02 Å². The van der Waals surface area contributed by atoms with Gasteiger partial charge in [-0.05, 0) is 24.1 Å². The SMILES string of the molecule is CC(C)(C)C(=O)N[C@H]1CC(=O)N(CCc2cccc(Cl)c2)C1. The number of nitrogens with zero attached hydrogens (tertiary/aromatic N) is 1. The van der Waals surface area contributed by atoms with Crippen molar-refractivity contribution < 1.29 is 9.59 Å². The van der Waals surface area contributed by atoms with Crippen molar-refractivity contribution in [2.24, 2.45) is 5.41 Å². The van der Waals surface area contributed by atoms with Crippen molar-refractivity contribution in [3.05, 3.63) is 34.9 Å². The van der Waals surface area contributed by atoms with Gasteiger partial charge in [-0.3, -0.25) is 9.59 Å². The molecule has 0 aromatic heterocycles. The van der Waals surface area contributed by atoms with Gasteiger partial charge in [0.15, 0.2) is 0 Å². The van der Waals surface area contributed by atoms with E-state index in [1.165, 1.54) is 0 Å². The number of benzene rings is 1. The maximum Gasteiger partial charge on any atom is 0.225 e. The Morgan fingerprint density at radius 1 is 1.41 bits per heavy atom. The molecule has 1 aliphatic heterocycles. The number of likely N-dealkylation sites (tertiary alicyclic amines) is 1. The molecule has 0 radical (unpaired) electrons. The maximum atomic E-state index is 12.1. The van der Waals surface area contributed by atoms with Crippen LogP contribution >= 0.6 is 11.6 Å². The van der Waals surface area contributed by atoms with Crippen LogP contribution in [-0.2, 0) is 16.0 Å². The fraction of sp³-hybridized carbons (Fsp3) is 0.529. The smallest absolute Gasteiger partial charge is 0.225 e. The van der Waals surface area contributed by atoms with Crippen LogP contribution in [0.5, 0.6) is 0 Å². The molecule has 0 aliphatic carbocycles. The molecule has 1 fully saturated rings. The molecule has 2 amide bonds. The second-order valence-corrected chi connectivity index (χ2v) is 7.28. The number of hydrogen-bond acceptors (Lipinski definition) is 2. The minimum Gasteiger partial charge on any atom is -0.351 e. The fourth-order valence-corrected chi connectivity index (χ4v) is 2.66. The first-order valence-corrected chi connectivity index (χ1v) is 7.96. The normalized spacial score (nSPS) is 18.6. The lowest BCUT2D eigenvalue weighted by Gasteiger charge is -2.21. The van der Waals surface area contributed by atoms with E-state index in [2.05, 4.69) is 5.32 Å². The Kier molecular flexibility index (Phi) is 5.12. The summed E-state index contributed by atoms with van der Waals surface area (Å²) in [5.41, 5.74) is 0.680. The summed E-state index contributed by atoms with van der Waals surface area (Å²) in [6.07, 6.45) is 1.16. The van der Waals surface area contributed by atoms with E-state index < -0.39 is 5.41 Å². The Balaban J connectivity index is 1.86. The molecule has 4 nitrogen and oxygen atoms in total. The van der Waals surface area contributed by atoms with Crippen LogP contribution < -0.4 is 5.32 Å². The average Bonchev–Trinajstić information content (AvgIpc) is 2.75. The van der Waals surface area contributed by atoms with Crippen molar-refractivity contribution in [3.63, 3.8) is 0 Å². The zero-order chi connectivity index (χ0) is 16.3. The van der Waals surface area contributed by atoms with Crippen molar-refractivity contribution >= 4 is 23.4 Å². The van der Waals surface area contributed by atoms with Gasteiger partial charge in [-0.1, -0.05) is 44.5 Å². The van der Waals surface area contributed by atoms with Crippen molar-refractivity contribution in [2.45, 2.75) is 39.7 Å². The molecule has 1 heterocycles. The van der Waals surface area contributed by atoms with Gasteiger partial charge in [-0.15, -0.1) is 0 Å². The summed E-state index contributed by atoms with van der Waals surface area (Å²) in [6, 6.07) is 7.59. The molecule has 1 N–H and O–H groups in total. The highest BCUT2D eigenvalue weighted by molar-refractivity contribution is 6.30. The first kappa shape index (κ1) is 16.8. The summed E-state index contributed by atoms with van der Waals surface area (Å²) in [4.78, 5) is 25.9. The maximum absolute atomic E-state index is 12.1. The van der Waals surface area contributed by atoms with Gasteiger partial charge < -0.3 is 10.2 Å². The lowest BCUT2D eigenvalue weighted by atomic mass is 9.95. The zero-order valence-electron chi connectivity index (χ0n) is 13.4. The summed E-state index contributed by atoms with van der Waals surface area (Å²) in [7, 11) is 0. The molecule has 1 atom stereocenters. The standard InChI is InChI=1S/C17H23ClN2O2/c1-17(2,3)16(22)19-14-10-15(21)20(11-14)8-7-12-5-4-6-13(18)9-12/h4-6,9,14H,7-8,10-11H2,1-3H3,(H,19,22)/t14-/m0/s1. The van der Waals surface area contributed by atoms with Crippen LogP contribution in [0.4, 0.5) is 0 Å². The van der Waals surface area contributed by atoms with E-state index in [9.17, 15) is 9.59 Å². The van der Waals surface area contributed by atoms with E-state index in [0.29, 0.717) is 24.5 Å². The largest absolute Gasteiger partial charge is 0.351 e. The molecule has 5 heteroatoms. The summed E-state index contributed by atoms with van der Waals surface area (Å²) in [5, 5.41) is 3.67. The van der Waals surface area contributed by atoms with Crippen LogP contribution in [0.1, 0.15) is 32.8 Å². The first-order valence-electron chi connectivity index (χ1n) is 7.59. The molecule has 1 aliphatic rings. The molecule has 2 rings (SSSR count). The van der Waals surface area contributed by atoms with Gasteiger partial charge in [-0.25, -0.2) is 0 Å². The monoisotopic (exact) mass is 322 g/mol. The molecule has 0 spiro atoms. The topological polar surface area (TPSA) is 49.4 Å². The van der Waals surface area contributed by atoms with E-state index in [0.717, 1.165) is 12.0 Å². The Bertz CT molecular complexity index is 566. The van der Waals surface area contributed by atoms with Gasteiger partial charge >= 0.3 is 0 Å². The van der Waals surface area contributed by atoms with Gasteiger partial charge in [0.2, 0.25) is 11.8 Å². The summed E-state index contributed by atoms with van der Waals surface area (Å²) in [6.45, 7) is 6.85. The first-order chi connectivity index (χ1) is 10.3. The highest BCUT2D eigenvalue weighted by Crippen LogP contribution is 2.17. The quantitative estimate of drug-likeness (QED) is 0.926. The van der Waals surface area contributed by atoms with Gasteiger partial charge in [0.25, 0.3) is 0 Å². The molecule has 0 unspecified atom stereocenters. The lowest BCUT2D eigenvalue weighted by molar-refractivity contribution is -0.129. The van der Waals surface area contributed by atoms with E-state index in [-0.39, 0.29) is 17.9 Å². The van der Waals surface area contributed by atoms with E-state index in [1.54, 1.807) is 0 Å². The van der Waals surface area contributed by atoms with Crippen molar-refractivity contribution in [1.29, 1.82) is 0 Å². The number of carbonyl (C=O) groups excluding carboxylic acids is 2. The van der Waals surface area contributed by atoms with Crippen molar-refractivity contribution in [2.75, 3.05) is 13.1 Å². The van der Waals surface area contributed by atoms with Gasteiger partial charge in [0.05, 0.1) is 6.04 Å². The average molecular weight is 323 g/mol. The van der Waals surface area contributed by atoms with E-state index in [1.807, 2.05) is 49.9 Å². The third-order valence-corrected chi connectivity index (χ3v) is 4.03. The van der Waals surface area contributed by atoms with Crippen molar-refractivity contribution in [1.82, 2.24) is 10.2 Å². The summed E-state index contributed by atoms with van der Waals surface area (Å²) in [5.74, 6) is 0.0863. The predicted molar refractivity (Wildman–Crippen MR) is 87.7 cm³/mol. The van der Waals surface area contributed by atoms with Crippen LogP contribution in [-0.4, -0.2) is 35.8 Å². The highest BCUT2D eigenvalue weighted by atomic mass is 35.5. The van der Waals surface area contributed by atoms with Crippen LogP contribution in [0.3, 0.4) is 0 Å². The summed E-state index contributed by atoms with van der Waals surface area (Å²) < 4.78 is 0. The number of rotatable bonds is 4. The van der Waals surface area contributed by atoms with Crippen LogP contribution in [0, 0.1) is 5.41 Å². The molecule has 120 valence electrons. The lowest BCUT2D eigenvalue weighted by Crippen LogP contribution is -2.43. The van der Waals surface area contributed by atoms with E-state index >= 15 is 0 Å². The molecule has 1 aromatic rings. The summed E-state index contributed by atoms with van der Waals surface area (Å²) >= 11 is 5.96. The van der Waals surface area contributed by atoms with Crippen LogP contribution in [0.15, 0.2) is 24.3 Å². The minimum absolute atomic E-state index is 0.0120. The van der Waals surface area contributed by atoms with Gasteiger partial charge in [-0.2, -0.15) is 0 Å². The van der Waals surface area contributed by atoms with Gasteiger partial charge in [0.1, 0.15) is 0 Å². The number of carbonyl (C=O) groups is 2. The molecular weight excluding hydrogens is 300 g/mol. The molecule has 0 saturated carbocycles. The number of hydrogen-bond donors (Lipinski definition) is 1. The minimum atomic E-state index is -0.433. The Morgan fingerprint density at radius 2 is 2.14 bits per heavy atom. The number of halogens is 1. The molecule has 1 saturated heterocycles. The third kappa shape index (κ3) is 4.47. The second-order valence-electron chi connectivity index (χ2n) is 6.84. The predicted octanol–water partition coefficient (Wildman–Crippen LogP) is 2.65. The fourth-order valence-electron chi connectivity index (χ4n) is 2.44. The molecule has 0 bridgehead atoms. The Labute approximate surface area is 136 Å². The Morgan fingerprint density at radius 3 is 2.77 bits per heavy atom. The Hall–Kier alpha value is -1.55. The van der Waals surface area contributed by atoms with Crippen LogP contribution in [0.25, 0.3) is 0 Å². The third-order valence-electron chi connectivity index (χ3n) is 3.79. The zero-order valence-corrected chi connectivity index (χ0v) is 14.1. The van der Waals surface area contributed by atoms with Gasteiger partial charge in [0, 0.05) is 29.9 Å². The van der Waals surface area contributed by atoms with E-state index in [4.69, 9.17) is 11.6 Å². The second kappa shape index (κ2) is 6.69. The number of amides is 2. The highest BCUT2D eigenvalue weighted by Gasteiger charge is 2.32.